The topological polar surface area (TPSA) is 24.1 Å². The predicted molar refractivity (Wildman–Crippen MR) is 36.9 cm³/mol. The minimum atomic E-state index is 1.15. The third-order valence-corrected chi connectivity index (χ3v) is 2.02. The summed E-state index contributed by atoms with van der Waals surface area (Å²) in [7, 11) is 0. The Balaban J connectivity index is 2.17. The highest BCUT2D eigenvalue weighted by Crippen LogP contribution is 2.18. The summed E-state index contributed by atoms with van der Waals surface area (Å²) >= 11 is 0. The van der Waals surface area contributed by atoms with Crippen molar-refractivity contribution in [2.75, 3.05) is 13.1 Å². The van der Waals surface area contributed by atoms with E-state index in [4.69, 9.17) is 0 Å². The summed E-state index contributed by atoms with van der Waals surface area (Å²) in [5, 5.41) is 6.77. The SMILES string of the molecule is C1CNC2=C(C1)NCC2. The zero-order chi connectivity index (χ0) is 6.10. The van der Waals surface area contributed by atoms with E-state index in [-0.39, 0.29) is 0 Å². The first-order chi connectivity index (χ1) is 4.47. The molecule has 0 bridgehead atoms. The van der Waals surface area contributed by atoms with Crippen LogP contribution in [0.2, 0.25) is 0 Å². The van der Waals surface area contributed by atoms with Gasteiger partial charge in [-0.15, -0.1) is 0 Å². The van der Waals surface area contributed by atoms with Crippen LogP contribution in [0.1, 0.15) is 19.3 Å². The molecule has 2 heteroatoms. The molecule has 9 heavy (non-hydrogen) atoms. The standard InChI is InChI=1S/C7H12N2/c1-2-6-7(8-4-1)3-5-9-6/h8-9H,1-5H2. The van der Waals surface area contributed by atoms with Crippen LogP contribution in [-0.4, -0.2) is 13.1 Å². The largest absolute Gasteiger partial charge is 0.387 e. The van der Waals surface area contributed by atoms with E-state index >= 15 is 0 Å². The summed E-state index contributed by atoms with van der Waals surface area (Å²) in [5.41, 5.74) is 2.95. The van der Waals surface area contributed by atoms with Crippen LogP contribution in [0.25, 0.3) is 0 Å². The Morgan fingerprint density at radius 1 is 0.889 bits per heavy atom. The van der Waals surface area contributed by atoms with Gasteiger partial charge >= 0.3 is 0 Å². The van der Waals surface area contributed by atoms with E-state index in [2.05, 4.69) is 10.6 Å². The number of hydrogen-bond acceptors (Lipinski definition) is 2. The number of rotatable bonds is 0. The maximum atomic E-state index is 3.40. The Morgan fingerprint density at radius 2 is 1.67 bits per heavy atom. The maximum absolute atomic E-state index is 3.40. The Hall–Kier alpha value is -0.660. The van der Waals surface area contributed by atoms with Crippen LogP contribution >= 0.6 is 0 Å². The van der Waals surface area contributed by atoms with Crippen LogP contribution in [0, 0.1) is 0 Å². The fourth-order valence-corrected chi connectivity index (χ4v) is 1.53. The molecule has 0 saturated carbocycles. The number of allylic oxidation sites excluding steroid dienone is 1. The van der Waals surface area contributed by atoms with Gasteiger partial charge in [0.2, 0.25) is 0 Å². The van der Waals surface area contributed by atoms with E-state index in [0.717, 1.165) is 6.54 Å². The zero-order valence-corrected chi connectivity index (χ0v) is 5.54. The minimum absolute atomic E-state index is 1.15. The predicted octanol–water partition coefficient (Wildman–Crippen LogP) is 0.575. The van der Waals surface area contributed by atoms with Crippen molar-refractivity contribution in [3.05, 3.63) is 11.4 Å². The molecule has 2 nitrogen and oxygen atoms in total. The quantitative estimate of drug-likeness (QED) is 0.493. The Bertz CT molecular complexity index is 133. The van der Waals surface area contributed by atoms with Crippen molar-refractivity contribution in [1.82, 2.24) is 10.6 Å². The van der Waals surface area contributed by atoms with Crippen molar-refractivity contribution in [2.45, 2.75) is 19.3 Å². The minimum Gasteiger partial charge on any atom is -0.387 e. The number of hydrogen-bond donors (Lipinski definition) is 2. The first-order valence-electron chi connectivity index (χ1n) is 3.66. The van der Waals surface area contributed by atoms with Crippen molar-refractivity contribution in [2.24, 2.45) is 0 Å². The average Bonchev–Trinajstić information content (AvgIpc) is 2.33. The van der Waals surface area contributed by atoms with E-state index in [9.17, 15) is 0 Å². The Kier molecular flexibility index (Phi) is 1.11. The molecule has 2 heterocycles. The highest BCUT2D eigenvalue weighted by atomic mass is 15.0. The summed E-state index contributed by atoms with van der Waals surface area (Å²) in [6.45, 7) is 2.33. The van der Waals surface area contributed by atoms with Crippen molar-refractivity contribution in [3.63, 3.8) is 0 Å². The highest BCUT2D eigenvalue weighted by Gasteiger charge is 2.15. The molecule has 2 rings (SSSR count). The van der Waals surface area contributed by atoms with Gasteiger partial charge in [-0.25, -0.2) is 0 Å². The van der Waals surface area contributed by atoms with Crippen LogP contribution in [0.15, 0.2) is 11.4 Å². The van der Waals surface area contributed by atoms with Gasteiger partial charge in [0.15, 0.2) is 0 Å². The van der Waals surface area contributed by atoms with Gasteiger partial charge in [-0.05, 0) is 12.8 Å². The van der Waals surface area contributed by atoms with Gasteiger partial charge < -0.3 is 10.6 Å². The molecule has 0 saturated heterocycles. The average molecular weight is 124 g/mol. The normalized spacial score (nSPS) is 24.9. The Labute approximate surface area is 55.3 Å². The molecule has 2 N–H and O–H groups in total. The van der Waals surface area contributed by atoms with Gasteiger partial charge in [0, 0.05) is 30.9 Å². The first kappa shape index (κ1) is 5.15. The molecule has 0 aliphatic carbocycles. The molecule has 0 spiro atoms. The molecule has 0 amide bonds. The smallest absolute Gasteiger partial charge is 0.0317 e. The van der Waals surface area contributed by atoms with Crippen LogP contribution in [0.3, 0.4) is 0 Å². The lowest BCUT2D eigenvalue weighted by molar-refractivity contribution is 0.653. The fourth-order valence-electron chi connectivity index (χ4n) is 1.53. The lowest BCUT2D eigenvalue weighted by Crippen LogP contribution is -2.21. The fraction of sp³-hybridized carbons (Fsp3) is 0.714. The van der Waals surface area contributed by atoms with Crippen molar-refractivity contribution in [1.29, 1.82) is 0 Å². The Morgan fingerprint density at radius 3 is 2.56 bits per heavy atom. The van der Waals surface area contributed by atoms with Gasteiger partial charge in [-0.3, -0.25) is 0 Å². The van der Waals surface area contributed by atoms with E-state index in [0.29, 0.717) is 0 Å². The van der Waals surface area contributed by atoms with E-state index in [1.807, 2.05) is 0 Å². The molecule has 0 radical (unpaired) electrons. The second kappa shape index (κ2) is 1.94. The molecule has 50 valence electrons. The van der Waals surface area contributed by atoms with Crippen molar-refractivity contribution >= 4 is 0 Å². The van der Waals surface area contributed by atoms with Gasteiger partial charge in [-0.2, -0.15) is 0 Å². The molecular formula is C7H12N2. The van der Waals surface area contributed by atoms with Crippen molar-refractivity contribution in [3.8, 4) is 0 Å². The van der Waals surface area contributed by atoms with E-state index in [1.54, 1.807) is 0 Å². The van der Waals surface area contributed by atoms with Crippen LogP contribution in [0.5, 0.6) is 0 Å². The lowest BCUT2D eigenvalue weighted by atomic mass is 10.1. The van der Waals surface area contributed by atoms with E-state index < -0.39 is 0 Å². The van der Waals surface area contributed by atoms with Gasteiger partial charge in [0.1, 0.15) is 0 Å². The molecule has 0 aromatic rings. The third kappa shape index (κ3) is 0.784. The maximum Gasteiger partial charge on any atom is 0.0317 e. The first-order valence-corrected chi connectivity index (χ1v) is 3.66. The van der Waals surface area contributed by atoms with E-state index in [1.165, 1.54) is 37.2 Å². The zero-order valence-electron chi connectivity index (χ0n) is 5.54. The highest BCUT2D eigenvalue weighted by molar-refractivity contribution is 5.18. The summed E-state index contributed by atoms with van der Waals surface area (Å²) in [5.74, 6) is 0. The summed E-state index contributed by atoms with van der Waals surface area (Å²) < 4.78 is 0. The molecule has 0 aromatic heterocycles. The molecular weight excluding hydrogens is 112 g/mol. The molecule has 0 atom stereocenters. The molecule has 2 aliphatic rings. The van der Waals surface area contributed by atoms with Crippen LogP contribution in [0.4, 0.5) is 0 Å². The molecule has 0 fully saturated rings. The second-order valence-electron chi connectivity index (χ2n) is 2.66. The molecule has 0 aromatic carbocycles. The van der Waals surface area contributed by atoms with Crippen LogP contribution in [-0.2, 0) is 0 Å². The van der Waals surface area contributed by atoms with Gasteiger partial charge in [0.25, 0.3) is 0 Å². The summed E-state index contributed by atoms with van der Waals surface area (Å²) in [6, 6.07) is 0. The third-order valence-electron chi connectivity index (χ3n) is 2.02. The molecule has 2 aliphatic heterocycles. The van der Waals surface area contributed by atoms with Crippen molar-refractivity contribution < 1.29 is 0 Å². The van der Waals surface area contributed by atoms with Gasteiger partial charge in [0.05, 0.1) is 0 Å². The monoisotopic (exact) mass is 124 g/mol. The second-order valence-corrected chi connectivity index (χ2v) is 2.66. The molecule has 0 unspecified atom stereocenters. The number of nitrogens with one attached hydrogen (secondary N) is 2. The summed E-state index contributed by atoms with van der Waals surface area (Å²) in [4.78, 5) is 0. The van der Waals surface area contributed by atoms with Crippen LogP contribution < -0.4 is 10.6 Å². The lowest BCUT2D eigenvalue weighted by Gasteiger charge is -2.15. The summed E-state index contributed by atoms with van der Waals surface area (Å²) in [6.07, 6.45) is 3.78. The van der Waals surface area contributed by atoms with Gasteiger partial charge in [-0.1, -0.05) is 0 Å².